The molecule has 1 aliphatic carbocycles. The summed E-state index contributed by atoms with van der Waals surface area (Å²) in [4.78, 5) is 0. The van der Waals surface area contributed by atoms with E-state index >= 15 is 0 Å². The molecule has 1 aromatic heterocycles. The maximum absolute atomic E-state index is 9.23. The first-order valence-corrected chi connectivity index (χ1v) is 13.3. The highest BCUT2D eigenvalue weighted by Gasteiger charge is 2.36. The third-order valence-corrected chi connectivity index (χ3v) is 7.96. The molecule has 2 aromatic rings. The zero-order valence-electron chi connectivity index (χ0n) is 20.2. The SMILES string of the molecule is N#Cc1ccc(-c2nnc(NC[C@H]3CCCO3)c3c2CC2(CCCCCCCCC2)NC3)cc1. The minimum atomic E-state index is 0.139. The van der Waals surface area contributed by atoms with E-state index in [1.165, 1.54) is 68.9 Å². The molecule has 2 aliphatic heterocycles. The molecule has 2 N–H and O–H groups in total. The monoisotopic (exact) mass is 459 g/mol. The lowest BCUT2D eigenvalue weighted by Crippen LogP contribution is -2.50. The number of nitriles is 1. The van der Waals surface area contributed by atoms with Gasteiger partial charge in [-0.15, -0.1) is 10.2 Å². The van der Waals surface area contributed by atoms with Crippen molar-refractivity contribution in [2.45, 2.75) is 95.2 Å². The van der Waals surface area contributed by atoms with E-state index in [0.29, 0.717) is 5.56 Å². The average molecular weight is 460 g/mol. The van der Waals surface area contributed by atoms with Gasteiger partial charge in [-0.1, -0.05) is 57.1 Å². The molecule has 1 spiro atoms. The van der Waals surface area contributed by atoms with Gasteiger partial charge in [0.05, 0.1) is 23.4 Å². The number of anilines is 1. The maximum Gasteiger partial charge on any atom is 0.153 e. The fourth-order valence-electron chi connectivity index (χ4n) is 5.95. The highest BCUT2D eigenvalue weighted by atomic mass is 16.5. The van der Waals surface area contributed by atoms with Gasteiger partial charge < -0.3 is 15.4 Å². The molecule has 3 heterocycles. The van der Waals surface area contributed by atoms with E-state index in [0.717, 1.165) is 56.0 Å². The summed E-state index contributed by atoms with van der Waals surface area (Å²) in [6.45, 7) is 2.46. The Bertz CT molecular complexity index is 997. The van der Waals surface area contributed by atoms with Crippen LogP contribution >= 0.6 is 0 Å². The zero-order chi connectivity index (χ0) is 23.2. The van der Waals surface area contributed by atoms with Gasteiger partial charge in [0.2, 0.25) is 0 Å². The predicted octanol–water partition coefficient (Wildman–Crippen LogP) is 5.52. The van der Waals surface area contributed by atoms with Crippen LogP contribution in [0.15, 0.2) is 24.3 Å². The molecule has 1 saturated carbocycles. The normalized spacial score (nSPS) is 22.6. The van der Waals surface area contributed by atoms with Crippen LogP contribution in [0, 0.1) is 11.3 Å². The lowest BCUT2D eigenvalue weighted by molar-refractivity contribution is 0.120. The van der Waals surface area contributed by atoms with Gasteiger partial charge in [-0.05, 0) is 49.8 Å². The van der Waals surface area contributed by atoms with E-state index in [-0.39, 0.29) is 11.6 Å². The Morgan fingerprint density at radius 3 is 2.38 bits per heavy atom. The second kappa shape index (κ2) is 10.8. The topological polar surface area (TPSA) is 82.9 Å². The Kier molecular flexibility index (Phi) is 7.42. The van der Waals surface area contributed by atoms with Gasteiger partial charge in [0.15, 0.2) is 5.82 Å². The largest absolute Gasteiger partial charge is 0.376 e. The van der Waals surface area contributed by atoms with Crippen molar-refractivity contribution in [1.82, 2.24) is 15.5 Å². The highest BCUT2D eigenvalue weighted by molar-refractivity contribution is 5.68. The van der Waals surface area contributed by atoms with Crippen LogP contribution in [0.25, 0.3) is 11.3 Å². The van der Waals surface area contributed by atoms with Crippen LogP contribution < -0.4 is 10.6 Å². The molecule has 34 heavy (non-hydrogen) atoms. The lowest BCUT2D eigenvalue weighted by atomic mass is 9.76. The van der Waals surface area contributed by atoms with Crippen molar-refractivity contribution in [1.29, 1.82) is 5.26 Å². The minimum Gasteiger partial charge on any atom is -0.376 e. The van der Waals surface area contributed by atoms with Crippen molar-refractivity contribution >= 4 is 5.82 Å². The van der Waals surface area contributed by atoms with Crippen LogP contribution in [-0.2, 0) is 17.7 Å². The van der Waals surface area contributed by atoms with E-state index in [4.69, 9.17) is 9.84 Å². The number of rotatable bonds is 4. The van der Waals surface area contributed by atoms with Crippen LogP contribution in [0.4, 0.5) is 5.82 Å². The maximum atomic E-state index is 9.23. The predicted molar refractivity (Wildman–Crippen MR) is 134 cm³/mol. The molecular formula is C28H37N5O. The summed E-state index contributed by atoms with van der Waals surface area (Å²) in [7, 11) is 0. The molecule has 2 fully saturated rings. The number of aromatic nitrogens is 2. The van der Waals surface area contributed by atoms with Crippen LogP contribution in [-0.4, -0.2) is 35.0 Å². The molecule has 0 amide bonds. The Morgan fingerprint density at radius 1 is 0.971 bits per heavy atom. The molecule has 1 saturated heterocycles. The van der Waals surface area contributed by atoms with Crippen molar-refractivity contribution in [3.05, 3.63) is 41.0 Å². The minimum absolute atomic E-state index is 0.139. The summed E-state index contributed by atoms with van der Waals surface area (Å²) in [5.74, 6) is 0.894. The third kappa shape index (κ3) is 5.26. The molecule has 5 rings (SSSR count). The molecule has 0 bridgehead atoms. The first-order chi connectivity index (χ1) is 16.8. The van der Waals surface area contributed by atoms with Crippen LogP contribution in [0.1, 0.15) is 87.3 Å². The number of hydrogen-bond donors (Lipinski definition) is 2. The summed E-state index contributed by atoms with van der Waals surface area (Å²) < 4.78 is 5.82. The van der Waals surface area contributed by atoms with Gasteiger partial charge >= 0.3 is 0 Å². The molecule has 1 aromatic carbocycles. The summed E-state index contributed by atoms with van der Waals surface area (Å²) in [6, 6.07) is 10.0. The molecule has 6 heteroatoms. The Hall–Kier alpha value is -2.49. The Balaban J connectivity index is 1.47. The van der Waals surface area contributed by atoms with Gasteiger partial charge in [0, 0.05) is 36.4 Å². The number of nitrogens with one attached hydrogen (secondary N) is 2. The fourth-order valence-corrected chi connectivity index (χ4v) is 5.95. The number of ether oxygens (including phenoxy) is 1. The smallest absolute Gasteiger partial charge is 0.153 e. The second-order valence-electron chi connectivity index (χ2n) is 10.3. The van der Waals surface area contributed by atoms with Gasteiger partial charge in [-0.3, -0.25) is 0 Å². The summed E-state index contributed by atoms with van der Waals surface area (Å²) >= 11 is 0. The van der Waals surface area contributed by atoms with Crippen molar-refractivity contribution < 1.29 is 4.74 Å². The van der Waals surface area contributed by atoms with Gasteiger partial charge in [0.1, 0.15) is 0 Å². The van der Waals surface area contributed by atoms with Gasteiger partial charge in [-0.2, -0.15) is 5.26 Å². The first kappa shape index (κ1) is 23.3. The summed E-state index contributed by atoms with van der Waals surface area (Å²) in [6.07, 6.45) is 15.3. The van der Waals surface area contributed by atoms with Crippen LogP contribution in [0.2, 0.25) is 0 Å². The van der Waals surface area contributed by atoms with Crippen LogP contribution in [0.5, 0.6) is 0 Å². The standard InChI is InChI=1S/C28H37N5O/c29-18-21-10-12-22(13-11-21)26-24-17-28(14-6-4-2-1-3-5-7-15-28)31-20-25(24)27(33-32-26)30-19-23-9-8-16-34-23/h10-13,23,31H,1-9,14-17,19-20H2,(H,30,33)/t23-/m1/s1. The Labute approximate surface area is 203 Å². The summed E-state index contributed by atoms with van der Waals surface area (Å²) in [5, 5.41) is 26.2. The van der Waals surface area contributed by atoms with Crippen molar-refractivity contribution in [2.24, 2.45) is 0 Å². The van der Waals surface area contributed by atoms with Crippen molar-refractivity contribution in [2.75, 3.05) is 18.5 Å². The number of benzene rings is 1. The van der Waals surface area contributed by atoms with E-state index in [1.54, 1.807) is 0 Å². The van der Waals surface area contributed by atoms with E-state index in [9.17, 15) is 5.26 Å². The Morgan fingerprint density at radius 2 is 1.71 bits per heavy atom. The lowest BCUT2D eigenvalue weighted by Gasteiger charge is -2.41. The quantitative estimate of drug-likeness (QED) is 0.627. The summed E-state index contributed by atoms with van der Waals surface area (Å²) in [5.41, 5.74) is 5.40. The fraction of sp³-hybridized carbons (Fsp3) is 0.607. The first-order valence-electron chi connectivity index (χ1n) is 13.3. The van der Waals surface area contributed by atoms with E-state index in [1.807, 2.05) is 24.3 Å². The number of hydrogen-bond acceptors (Lipinski definition) is 6. The van der Waals surface area contributed by atoms with Crippen molar-refractivity contribution in [3.63, 3.8) is 0 Å². The molecule has 180 valence electrons. The second-order valence-corrected chi connectivity index (χ2v) is 10.3. The molecule has 6 nitrogen and oxygen atoms in total. The highest BCUT2D eigenvalue weighted by Crippen LogP contribution is 2.38. The van der Waals surface area contributed by atoms with E-state index in [2.05, 4.69) is 21.8 Å². The van der Waals surface area contributed by atoms with Crippen molar-refractivity contribution in [3.8, 4) is 17.3 Å². The molecule has 3 aliphatic rings. The van der Waals surface area contributed by atoms with Crippen LogP contribution in [0.3, 0.4) is 0 Å². The molecule has 0 radical (unpaired) electrons. The third-order valence-electron chi connectivity index (χ3n) is 7.96. The number of nitrogens with zero attached hydrogens (tertiary/aromatic N) is 3. The average Bonchev–Trinajstić information content (AvgIpc) is 3.40. The van der Waals surface area contributed by atoms with Gasteiger partial charge in [-0.25, -0.2) is 0 Å². The van der Waals surface area contributed by atoms with Gasteiger partial charge in [0.25, 0.3) is 0 Å². The van der Waals surface area contributed by atoms with E-state index < -0.39 is 0 Å². The number of fused-ring (bicyclic) bond motifs is 1. The zero-order valence-corrected chi connectivity index (χ0v) is 20.2. The molecule has 1 atom stereocenters. The molecular weight excluding hydrogens is 422 g/mol. The molecule has 0 unspecified atom stereocenters.